The van der Waals surface area contributed by atoms with E-state index < -0.39 is 6.09 Å². The zero-order valence-electron chi connectivity index (χ0n) is 12.2. The van der Waals surface area contributed by atoms with E-state index in [1.54, 1.807) is 18.3 Å². The number of amides is 1. The topological polar surface area (TPSA) is 67.6 Å². The number of nitrogens with zero attached hydrogens (tertiary/aromatic N) is 1. The van der Waals surface area contributed by atoms with Crippen molar-refractivity contribution in [2.45, 2.75) is 6.10 Å². The van der Waals surface area contributed by atoms with Crippen molar-refractivity contribution in [1.82, 2.24) is 5.32 Å². The van der Waals surface area contributed by atoms with Gasteiger partial charge in [-0.3, -0.25) is 4.90 Å². The van der Waals surface area contributed by atoms with Crippen molar-refractivity contribution in [2.24, 2.45) is 5.73 Å². The van der Waals surface area contributed by atoms with Gasteiger partial charge < -0.3 is 15.8 Å². The molecule has 1 amide bonds. The quantitative estimate of drug-likeness (QED) is 0.883. The zero-order valence-corrected chi connectivity index (χ0v) is 13.1. The Bertz CT molecular complexity index is 718. The number of nitrogens with two attached hydrogens (primary N) is 1. The first-order chi connectivity index (χ1) is 11.2. The van der Waals surface area contributed by atoms with Crippen molar-refractivity contribution in [3.05, 3.63) is 53.2 Å². The number of hydrogen-bond donors (Lipinski definition) is 2. The van der Waals surface area contributed by atoms with Crippen LogP contribution >= 0.6 is 11.3 Å². The predicted octanol–water partition coefficient (Wildman–Crippen LogP) is 2.90. The van der Waals surface area contributed by atoms with E-state index in [9.17, 15) is 9.18 Å². The van der Waals surface area contributed by atoms with Gasteiger partial charge in [0.15, 0.2) is 0 Å². The van der Waals surface area contributed by atoms with E-state index in [-0.39, 0.29) is 11.9 Å². The fourth-order valence-corrected chi connectivity index (χ4v) is 3.09. The molecular formula is C16H16FN3O2S. The molecule has 120 valence electrons. The number of cyclic esters (lactones) is 1. The van der Waals surface area contributed by atoms with Crippen molar-refractivity contribution in [2.75, 3.05) is 18.0 Å². The molecule has 1 fully saturated rings. The van der Waals surface area contributed by atoms with Crippen LogP contribution in [0.4, 0.5) is 14.9 Å². The van der Waals surface area contributed by atoms with Crippen molar-refractivity contribution in [1.29, 1.82) is 0 Å². The van der Waals surface area contributed by atoms with Crippen LogP contribution < -0.4 is 16.0 Å². The fraction of sp³-hybridized carbons (Fsp3) is 0.188. The fourth-order valence-electron chi connectivity index (χ4n) is 2.43. The number of thiophene rings is 1. The summed E-state index contributed by atoms with van der Waals surface area (Å²) in [5.41, 5.74) is 7.07. The van der Waals surface area contributed by atoms with Gasteiger partial charge >= 0.3 is 6.09 Å². The van der Waals surface area contributed by atoms with Gasteiger partial charge in [0, 0.05) is 18.0 Å². The normalized spacial score (nSPS) is 17.7. The lowest BCUT2D eigenvalue weighted by Crippen LogP contribution is -2.28. The maximum atomic E-state index is 14.3. The Morgan fingerprint density at radius 3 is 3.04 bits per heavy atom. The highest BCUT2D eigenvalue weighted by Gasteiger charge is 2.32. The van der Waals surface area contributed by atoms with Crippen molar-refractivity contribution in [3.8, 4) is 11.1 Å². The van der Waals surface area contributed by atoms with Gasteiger partial charge in [0.2, 0.25) is 0 Å². The molecular weight excluding hydrogens is 317 g/mol. The Labute approximate surface area is 137 Å². The highest BCUT2D eigenvalue weighted by molar-refractivity contribution is 7.08. The van der Waals surface area contributed by atoms with Crippen LogP contribution in [-0.4, -0.2) is 25.3 Å². The molecule has 0 aliphatic carbocycles. The maximum absolute atomic E-state index is 14.3. The van der Waals surface area contributed by atoms with Gasteiger partial charge in [-0.2, -0.15) is 11.3 Å². The summed E-state index contributed by atoms with van der Waals surface area (Å²) in [7, 11) is 0. The molecule has 1 saturated heterocycles. The average Bonchev–Trinajstić information content (AvgIpc) is 3.17. The average molecular weight is 333 g/mol. The van der Waals surface area contributed by atoms with E-state index in [1.807, 2.05) is 16.8 Å². The number of hydrogen-bond acceptors (Lipinski definition) is 5. The summed E-state index contributed by atoms with van der Waals surface area (Å²) in [6.45, 7) is 0.812. The van der Waals surface area contributed by atoms with E-state index >= 15 is 0 Å². The van der Waals surface area contributed by atoms with E-state index in [2.05, 4.69) is 5.32 Å². The molecule has 23 heavy (non-hydrogen) atoms. The summed E-state index contributed by atoms with van der Waals surface area (Å²) in [5.74, 6) is -0.360. The number of anilines is 1. The third-order valence-corrected chi connectivity index (χ3v) is 4.21. The first kappa shape index (κ1) is 15.4. The largest absolute Gasteiger partial charge is 0.442 e. The van der Waals surface area contributed by atoms with E-state index in [0.717, 1.165) is 5.56 Å². The summed E-state index contributed by atoms with van der Waals surface area (Å²) in [4.78, 5) is 13.4. The molecule has 0 bridgehead atoms. The van der Waals surface area contributed by atoms with Crippen LogP contribution in [0.5, 0.6) is 0 Å². The Balaban J connectivity index is 1.74. The van der Waals surface area contributed by atoms with Gasteiger partial charge in [0.25, 0.3) is 0 Å². The molecule has 5 nitrogen and oxygen atoms in total. The second-order valence-corrected chi connectivity index (χ2v) is 5.84. The monoisotopic (exact) mass is 333 g/mol. The van der Waals surface area contributed by atoms with Gasteiger partial charge in [-0.1, -0.05) is 0 Å². The molecule has 7 heteroatoms. The SMILES string of the molecule is N/C=C\NCC1CN(c2ccc(-c3ccsc3)c(F)c2)C(=O)O1. The Hall–Kier alpha value is -2.54. The summed E-state index contributed by atoms with van der Waals surface area (Å²) in [6, 6.07) is 6.64. The molecule has 0 radical (unpaired) electrons. The smallest absolute Gasteiger partial charge is 0.414 e. The first-order valence-corrected chi connectivity index (χ1v) is 8.03. The van der Waals surface area contributed by atoms with Gasteiger partial charge in [0.1, 0.15) is 11.9 Å². The molecule has 2 aromatic rings. The summed E-state index contributed by atoms with van der Waals surface area (Å²) in [5, 5.41) is 6.71. The number of carbonyl (C=O) groups is 1. The number of rotatable bonds is 5. The summed E-state index contributed by atoms with van der Waals surface area (Å²) in [6.07, 6.45) is 2.16. The highest BCUT2D eigenvalue weighted by atomic mass is 32.1. The lowest BCUT2D eigenvalue weighted by atomic mass is 10.1. The van der Waals surface area contributed by atoms with Gasteiger partial charge in [-0.25, -0.2) is 9.18 Å². The third-order valence-electron chi connectivity index (χ3n) is 3.53. The molecule has 2 heterocycles. The number of carbonyl (C=O) groups excluding carboxylic acids is 1. The van der Waals surface area contributed by atoms with E-state index in [4.69, 9.17) is 10.5 Å². The van der Waals surface area contributed by atoms with Crippen LogP contribution in [0.15, 0.2) is 47.4 Å². The van der Waals surface area contributed by atoms with Crippen LogP contribution in [0.2, 0.25) is 0 Å². The van der Waals surface area contributed by atoms with Crippen molar-refractivity contribution < 1.29 is 13.9 Å². The van der Waals surface area contributed by atoms with Crippen LogP contribution in [-0.2, 0) is 4.74 Å². The molecule has 3 N–H and O–H groups in total. The number of benzene rings is 1. The second kappa shape index (κ2) is 6.70. The van der Waals surface area contributed by atoms with Crippen LogP contribution in [0.3, 0.4) is 0 Å². The lowest BCUT2D eigenvalue weighted by molar-refractivity contribution is 0.142. The minimum atomic E-state index is -0.476. The molecule has 3 rings (SSSR count). The summed E-state index contributed by atoms with van der Waals surface area (Å²) < 4.78 is 19.6. The lowest BCUT2D eigenvalue weighted by Gasteiger charge is -2.14. The molecule has 1 aromatic carbocycles. The minimum Gasteiger partial charge on any atom is -0.442 e. The van der Waals surface area contributed by atoms with Gasteiger partial charge in [0.05, 0.1) is 18.8 Å². The number of ether oxygens (including phenoxy) is 1. The predicted molar refractivity (Wildman–Crippen MR) is 88.7 cm³/mol. The highest BCUT2D eigenvalue weighted by Crippen LogP contribution is 2.30. The molecule has 1 aromatic heterocycles. The second-order valence-electron chi connectivity index (χ2n) is 5.06. The molecule has 1 unspecified atom stereocenters. The Morgan fingerprint density at radius 2 is 2.35 bits per heavy atom. The molecule has 1 atom stereocenters. The zero-order chi connectivity index (χ0) is 16.2. The molecule has 0 saturated carbocycles. The van der Waals surface area contributed by atoms with Crippen LogP contribution in [0.1, 0.15) is 0 Å². The Kier molecular flexibility index (Phi) is 4.47. The van der Waals surface area contributed by atoms with E-state index in [0.29, 0.717) is 24.3 Å². The van der Waals surface area contributed by atoms with Crippen molar-refractivity contribution in [3.63, 3.8) is 0 Å². The molecule has 0 spiro atoms. The van der Waals surface area contributed by atoms with E-state index in [1.165, 1.54) is 28.5 Å². The van der Waals surface area contributed by atoms with Gasteiger partial charge in [-0.05, 0) is 40.6 Å². The first-order valence-electron chi connectivity index (χ1n) is 7.09. The standard InChI is InChI=1S/C16H16FN3O2S/c17-15-7-12(1-2-14(15)11-3-6-23-10-11)20-9-13(22-16(20)21)8-19-5-4-18/h1-7,10,13,19H,8-9,18H2/b5-4-. The summed E-state index contributed by atoms with van der Waals surface area (Å²) >= 11 is 1.51. The number of nitrogens with one attached hydrogen (secondary N) is 1. The van der Waals surface area contributed by atoms with Crippen LogP contribution in [0, 0.1) is 5.82 Å². The Morgan fingerprint density at radius 1 is 1.48 bits per heavy atom. The molecule has 1 aliphatic heterocycles. The molecule has 1 aliphatic rings. The minimum absolute atomic E-state index is 0.307. The number of halogens is 1. The maximum Gasteiger partial charge on any atom is 0.414 e. The van der Waals surface area contributed by atoms with Gasteiger partial charge in [-0.15, -0.1) is 0 Å². The third kappa shape index (κ3) is 3.29. The van der Waals surface area contributed by atoms with Crippen molar-refractivity contribution >= 4 is 23.1 Å². The van der Waals surface area contributed by atoms with Crippen LogP contribution in [0.25, 0.3) is 11.1 Å².